The third-order valence-electron chi connectivity index (χ3n) is 5.99. The molecule has 0 amide bonds. The molecule has 0 aliphatic heterocycles. The molecule has 0 aliphatic carbocycles. The Morgan fingerprint density at radius 1 is 0.342 bits per heavy atom. The van der Waals surface area contributed by atoms with E-state index >= 15 is 0 Å². The van der Waals surface area contributed by atoms with Crippen LogP contribution in [-0.4, -0.2) is 9.13 Å². The van der Waals surface area contributed by atoms with E-state index < -0.39 is 211 Å². The van der Waals surface area contributed by atoms with Gasteiger partial charge in [-0.2, -0.15) is 0 Å². The number of para-hydroxylation sites is 4. The Labute approximate surface area is 254 Å². The second-order valence-electron chi connectivity index (χ2n) is 8.01. The molecule has 0 spiro atoms. The van der Waals surface area contributed by atoms with E-state index in [0.717, 1.165) is 9.13 Å². The van der Waals surface area contributed by atoms with Gasteiger partial charge in [0.15, 0.2) is 0 Å². The van der Waals surface area contributed by atoms with Crippen molar-refractivity contribution >= 4 is 43.6 Å². The average molecular weight is 509 g/mol. The lowest BCUT2D eigenvalue weighted by molar-refractivity contribution is 1.17. The van der Waals surface area contributed by atoms with E-state index in [9.17, 15) is 2.74 Å². The smallest absolute Gasteiger partial charge is 0.0651 e. The molecule has 0 radical (unpaired) electrons. The van der Waals surface area contributed by atoms with Crippen molar-refractivity contribution < 1.29 is 32.9 Å². The zero-order chi connectivity index (χ0) is 45.9. The highest BCUT2D eigenvalue weighted by atomic mass is 15.0. The molecule has 0 saturated carbocycles. The minimum Gasteiger partial charge on any atom is -0.309 e. The van der Waals surface area contributed by atoms with Crippen LogP contribution in [0, 0.1) is 0 Å². The lowest BCUT2D eigenvalue weighted by atomic mass is 10.0. The van der Waals surface area contributed by atoms with Crippen molar-refractivity contribution in [2.24, 2.45) is 0 Å². The van der Waals surface area contributed by atoms with Gasteiger partial charge in [-0.15, -0.1) is 0 Å². The van der Waals surface area contributed by atoms with Gasteiger partial charge in [-0.05, 0) is 59.5 Å². The maximum absolute atomic E-state index is 9.57. The fourth-order valence-corrected chi connectivity index (χ4v) is 4.43. The average Bonchev–Trinajstić information content (AvgIpc) is 3.78. The first-order chi connectivity index (χ1) is 28.9. The first-order valence-corrected chi connectivity index (χ1v) is 11.1. The van der Waals surface area contributed by atoms with Crippen LogP contribution in [0.5, 0.6) is 0 Å². The maximum atomic E-state index is 9.57. The van der Waals surface area contributed by atoms with E-state index in [1.54, 1.807) is 0 Å². The number of hydrogen-bond donors (Lipinski definition) is 0. The third-order valence-corrected chi connectivity index (χ3v) is 5.99. The highest BCUT2D eigenvalue weighted by molar-refractivity contribution is 6.10. The predicted molar refractivity (Wildman–Crippen MR) is 161 cm³/mol. The molecule has 0 unspecified atom stereocenters. The standard InChI is InChI=1S/C36H24N2/c1-5-19-33-29(15-1)30-16-2-6-20-34(30)37(33)27-13-9-11-25(23-27)26-12-10-14-28(24-26)38-35-21-7-3-17-31(35)32-18-4-8-22-36(32)38/h1-24H/i1D,2D,3D,4D,5D,6D,7D,8D,9D,10D,11D,12D,13D,14D,15D,16D,17D,18D,19D,20D,21D,22D,23D,24D. The lowest BCUT2D eigenvalue weighted by Gasteiger charge is -2.12. The highest BCUT2D eigenvalue weighted by Gasteiger charge is 2.14. The zero-order valence-corrected chi connectivity index (χ0v) is 18.9. The Morgan fingerprint density at radius 2 is 0.658 bits per heavy atom. The topological polar surface area (TPSA) is 9.86 Å². The molecule has 38 heavy (non-hydrogen) atoms. The van der Waals surface area contributed by atoms with Crippen molar-refractivity contribution in [2.45, 2.75) is 0 Å². The SMILES string of the molecule is [2H]c1c([2H])c(-c2c([2H])c([2H])c([2H])c(-n3c4c([2H])c([2H])c([2H])c([2H])c4c4c([2H])c([2H])c([2H])c([2H])c43)c2[2H])c([2H])c(-n2c3c([2H])c([2H])c([2H])c([2H])c3c3c([2H])c([2H])c([2H])c([2H])c32)c1[2H]. The molecule has 0 bridgehead atoms. The summed E-state index contributed by atoms with van der Waals surface area (Å²) in [5.41, 5.74) is -5.56. The molecule has 2 nitrogen and oxygen atoms in total. The second-order valence-corrected chi connectivity index (χ2v) is 8.01. The highest BCUT2D eigenvalue weighted by Crippen LogP contribution is 2.35. The molecule has 0 fully saturated rings. The third kappa shape index (κ3) is 3.07. The van der Waals surface area contributed by atoms with Gasteiger partial charge in [0.1, 0.15) is 0 Å². The Morgan fingerprint density at radius 3 is 1.00 bits per heavy atom. The van der Waals surface area contributed by atoms with Gasteiger partial charge in [0, 0.05) is 32.9 Å². The van der Waals surface area contributed by atoms with Crippen molar-refractivity contribution in [3.8, 4) is 22.5 Å². The maximum Gasteiger partial charge on any atom is 0.0651 e. The van der Waals surface area contributed by atoms with Crippen LogP contribution in [0.2, 0.25) is 0 Å². The minimum absolute atomic E-state index is 0.447. The largest absolute Gasteiger partial charge is 0.309 e. The van der Waals surface area contributed by atoms with Gasteiger partial charge in [0.2, 0.25) is 0 Å². The Bertz CT molecular complexity index is 3070. The quantitative estimate of drug-likeness (QED) is 0.225. The van der Waals surface area contributed by atoms with Gasteiger partial charge in [0.25, 0.3) is 0 Å². The van der Waals surface area contributed by atoms with Crippen LogP contribution >= 0.6 is 0 Å². The second kappa shape index (κ2) is 8.22. The van der Waals surface area contributed by atoms with E-state index in [1.165, 1.54) is 0 Å². The van der Waals surface area contributed by atoms with E-state index in [4.69, 9.17) is 30.2 Å². The van der Waals surface area contributed by atoms with Crippen LogP contribution in [0.1, 0.15) is 32.9 Å². The van der Waals surface area contributed by atoms with E-state index in [0.29, 0.717) is 0 Å². The van der Waals surface area contributed by atoms with Crippen LogP contribution in [0.25, 0.3) is 66.1 Å². The Balaban J connectivity index is 1.62. The summed E-state index contributed by atoms with van der Waals surface area (Å²) >= 11 is 0. The van der Waals surface area contributed by atoms with E-state index in [-0.39, 0.29) is 0 Å². The van der Waals surface area contributed by atoms with Crippen molar-refractivity contribution in [3.05, 3.63) is 145 Å². The van der Waals surface area contributed by atoms with Crippen molar-refractivity contribution in [2.75, 3.05) is 0 Å². The van der Waals surface area contributed by atoms with Gasteiger partial charge < -0.3 is 9.13 Å². The lowest BCUT2D eigenvalue weighted by Crippen LogP contribution is -1.95. The molecular weight excluding hydrogens is 460 g/mol. The summed E-state index contributed by atoms with van der Waals surface area (Å²) in [7, 11) is 0. The first-order valence-electron chi connectivity index (χ1n) is 23.1. The monoisotopic (exact) mass is 508 g/mol. The molecule has 0 atom stereocenters. The summed E-state index contributed by atoms with van der Waals surface area (Å²) in [5, 5.41) is -1.79. The predicted octanol–water partition coefficient (Wildman–Crippen LogP) is 9.55. The van der Waals surface area contributed by atoms with Crippen LogP contribution in [0.15, 0.2) is 145 Å². The summed E-state index contributed by atoms with van der Waals surface area (Å²) in [6.45, 7) is 0. The Kier molecular flexibility index (Phi) is 1.78. The van der Waals surface area contributed by atoms with Gasteiger partial charge in [0.05, 0.1) is 55.0 Å². The number of rotatable bonds is 3. The van der Waals surface area contributed by atoms with E-state index in [2.05, 4.69) is 0 Å². The molecule has 2 heterocycles. The molecule has 0 aliphatic rings. The zero-order valence-electron chi connectivity index (χ0n) is 42.9. The van der Waals surface area contributed by atoms with Crippen LogP contribution in [0.4, 0.5) is 0 Å². The number of hydrogen-bond acceptors (Lipinski definition) is 0. The summed E-state index contributed by atoms with van der Waals surface area (Å²) < 4.78 is 212. The minimum atomic E-state index is -1.02. The van der Waals surface area contributed by atoms with Gasteiger partial charge in [-0.3, -0.25) is 0 Å². The molecule has 0 N–H and O–H groups in total. The first kappa shape index (κ1) is 8.21. The fourth-order valence-electron chi connectivity index (χ4n) is 4.43. The van der Waals surface area contributed by atoms with Crippen molar-refractivity contribution in [1.82, 2.24) is 9.13 Å². The van der Waals surface area contributed by atoms with Gasteiger partial charge in [-0.1, -0.05) is 96.7 Å². The van der Waals surface area contributed by atoms with Crippen LogP contribution in [-0.2, 0) is 0 Å². The molecule has 6 aromatic carbocycles. The Hall–Kier alpha value is -5.08. The summed E-state index contributed by atoms with van der Waals surface area (Å²) in [6.07, 6.45) is 0. The van der Waals surface area contributed by atoms with Gasteiger partial charge in [-0.25, -0.2) is 0 Å². The summed E-state index contributed by atoms with van der Waals surface area (Å²) in [5.74, 6) is 0. The molecular formula is C36H24N2. The normalized spacial score (nSPS) is 20.5. The summed E-state index contributed by atoms with van der Waals surface area (Å²) in [4.78, 5) is 0. The molecule has 2 heteroatoms. The molecule has 0 saturated heterocycles. The number of nitrogens with zero attached hydrogens (tertiary/aromatic N) is 2. The van der Waals surface area contributed by atoms with Crippen LogP contribution in [0.3, 0.4) is 0 Å². The van der Waals surface area contributed by atoms with Crippen molar-refractivity contribution in [1.29, 1.82) is 0 Å². The van der Waals surface area contributed by atoms with Crippen molar-refractivity contribution in [3.63, 3.8) is 0 Å². The van der Waals surface area contributed by atoms with Crippen LogP contribution < -0.4 is 0 Å². The van der Waals surface area contributed by atoms with Gasteiger partial charge >= 0.3 is 0 Å². The number of benzene rings is 6. The number of fused-ring (bicyclic) bond motifs is 6. The molecule has 2 aromatic heterocycles. The fraction of sp³-hybridized carbons (Fsp3) is 0. The molecule has 8 rings (SSSR count). The number of aromatic nitrogens is 2. The van der Waals surface area contributed by atoms with E-state index in [1.807, 2.05) is 0 Å². The molecule has 178 valence electrons. The summed E-state index contributed by atoms with van der Waals surface area (Å²) in [6, 6.07) is -20.9. The molecule has 8 aromatic rings.